The maximum atomic E-state index is 13.9. The van der Waals surface area contributed by atoms with Crippen molar-refractivity contribution in [1.29, 1.82) is 0 Å². The molecule has 112 valence electrons. The number of nitrogens with zero attached hydrogens (tertiary/aromatic N) is 1. The Hall–Kier alpha value is -1.53. The van der Waals surface area contributed by atoms with E-state index in [0.717, 1.165) is 11.0 Å². The number of hydrogen-bond acceptors (Lipinski definition) is 3. The summed E-state index contributed by atoms with van der Waals surface area (Å²) in [6.07, 6.45) is 1.60. The van der Waals surface area contributed by atoms with Gasteiger partial charge in [0.05, 0.1) is 5.69 Å². The second kappa shape index (κ2) is 7.47. The standard InChI is InChI=1S/C15H15BrF2N2O/c1-2-19-7-10-5-13(17)15(14(18)6-10)21-9-12-4-3-11(16)8-20-12/h3-6,8,19H,2,7,9H2,1H3. The van der Waals surface area contributed by atoms with E-state index in [1.165, 1.54) is 12.1 Å². The molecule has 0 atom stereocenters. The molecule has 0 aliphatic heterocycles. The molecule has 0 spiro atoms. The summed E-state index contributed by atoms with van der Waals surface area (Å²) in [5.74, 6) is -1.79. The molecule has 2 rings (SSSR count). The molecule has 0 radical (unpaired) electrons. The van der Waals surface area contributed by atoms with Crippen LogP contribution in [-0.2, 0) is 13.2 Å². The molecule has 2 aromatic rings. The smallest absolute Gasteiger partial charge is 0.191 e. The second-order valence-electron chi connectivity index (χ2n) is 4.43. The van der Waals surface area contributed by atoms with Gasteiger partial charge in [-0.2, -0.15) is 0 Å². The lowest BCUT2D eigenvalue weighted by molar-refractivity contribution is 0.270. The molecule has 21 heavy (non-hydrogen) atoms. The highest BCUT2D eigenvalue weighted by molar-refractivity contribution is 9.10. The van der Waals surface area contributed by atoms with Gasteiger partial charge in [-0.05, 0) is 52.3 Å². The summed E-state index contributed by atoms with van der Waals surface area (Å²) in [6, 6.07) is 6.06. The normalized spacial score (nSPS) is 10.7. The molecular weight excluding hydrogens is 342 g/mol. The summed E-state index contributed by atoms with van der Waals surface area (Å²) in [5, 5.41) is 3.01. The summed E-state index contributed by atoms with van der Waals surface area (Å²) >= 11 is 3.26. The summed E-state index contributed by atoms with van der Waals surface area (Å²) in [7, 11) is 0. The number of hydrogen-bond donors (Lipinski definition) is 1. The first kappa shape index (κ1) is 15.9. The van der Waals surface area contributed by atoms with Gasteiger partial charge < -0.3 is 10.1 Å². The molecule has 1 heterocycles. The SMILES string of the molecule is CCNCc1cc(F)c(OCc2ccc(Br)cn2)c(F)c1. The predicted octanol–water partition coefficient (Wildman–Crippen LogP) is 3.81. The van der Waals surface area contributed by atoms with Crippen LogP contribution < -0.4 is 10.1 Å². The lowest BCUT2D eigenvalue weighted by Gasteiger charge is -2.10. The first-order valence-corrected chi connectivity index (χ1v) is 7.31. The minimum absolute atomic E-state index is 0.00762. The molecule has 0 fully saturated rings. The first-order chi connectivity index (χ1) is 10.1. The third-order valence-corrected chi connectivity index (χ3v) is 3.26. The predicted molar refractivity (Wildman–Crippen MR) is 80.0 cm³/mol. The molecule has 6 heteroatoms. The molecule has 0 bridgehead atoms. The van der Waals surface area contributed by atoms with Crippen molar-refractivity contribution in [1.82, 2.24) is 10.3 Å². The average molecular weight is 357 g/mol. The van der Waals surface area contributed by atoms with E-state index in [0.29, 0.717) is 17.8 Å². The van der Waals surface area contributed by atoms with Crippen LogP contribution in [0, 0.1) is 11.6 Å². The van der Waals surface area contributed by atoms with E-state index < -0.39 is 11.6 Å². The number of aromatic nitrogens is 1. The van der Waals surface area contributed by atoms with Crippen LogP contribution in [0.2, 0.25) is 0 Å². The Morgan fingerprint density at radius 1 is 1.24 bits per heavy atom. The van der Waals surface area contributed by atoms with E-state index in [1.54, 1.807) is 18.3 Å². The molecule has 1 N–H and O–H groups in total. The number of benzene rings is 1. The van der Waals surface area contributed by atoms with Crippen molar-refractivity contribution in [3.63, 3.8) is 0 Å². The van der Waals surface area contributed by atoms with Crippen molar-refractivity contribution >= 4 is 15.9 Å². The van der Waals surface area contributed by atoms with Crippen LogP contribution in [0.4, 0.5) is 8.78 Å². The van der Waals surface area contributed by atoms with Gasteiger partial charge in [0.1, 0.15) is 6.61 Å². The van der Waals surface area contributed by atoms with Crippen LogP contribution in [-0.4, -0.2) is 11.5 Å². The topological polar surface area (TPSA) is 34.1 Å². The van der Waals surface area contributed by atoms with Crippen molar-refractivity contribution in [2.75, 3.05) is 6.54 Å². The van der Waals surface area contributed by atoms with Crippen LogP contribution in [0.5, 0.6) is 5.75 Å². The van der Waals surface area contributed by atoms with E-state index in [1.807, 2.05) is 6.92 Å². The molecule has 1 aromatic heterocycles. The Labute approximate surface area is 130 Å². The largest absolute Gasteiger partial charge is 0.481 e. The fraction of sp³-hybridized carbons (Fsp3) is 0.267. The monoisotopic (exact) mass is 356 g/mol. The van der Waals surface area contributed by atoms with E-state index in [2.05, 4.69) is 26.2 Å². The molecule has 0 aliphatic carbocycles. The minimum atomic E-state index is -0.708. The van der Waals surface area contributed by atoms with Gasteiger partial charge in [-0.15, -0.1) is 0 Å². The molecule has 0 saturated heterocycles. The third kappa shape index (κ3) is 4.47. The Balaban J connectivity index is 2.07. The lowest BCUT2D eigenvalue weighted by Crippen LogP contribution is -2.12. The minimum Gasteiger partial charge on any atom is -0.481 e. The van der Waals surface area contributed by atoms with Crippen molar-refractivity contribution < 1.29 is 13.5 Å². The van der Waals surface area contributed by atoms with Gasteiger partial charge in [-0.1, -0.05) is 6.92 Å². The zero-order chi connectivity index (χ0) is 15.2. The van der Waals surface area contributed by atoms with E-state index in [4.69, 9.17) is 4.74 Å². The molecule has 0 saturated carbocycles. The Morgan fingerprint density at radius 2 is 1.95 bits per heavy atom. The quantitative estimate of drug-likeness (QED) is 0.854. The summed E-state index contributed by atoms with van der Waals surface area (Å²) in [5.41, 5.74) is 1.13. The molecule has 0 amide bonds. The Bertz CT molecular complexity index is 582. The lowest BCUT2D eigenvalue weighted by atomic mass is 10.2. The second-order valence-corrected chi connectivity index (χ2v) is 5.34. The van der Waals surface area contributed by atoms with Gasteiger partial charge in [0, 0.05) is 17.2 Å². The summed E-state index contributed by atoms with van der Waals surface area (Å²) < 4.78 is 33.8. The third-order valence-electron chi connectivity index (χ3n) is 2.79. The Morgan fingerprint density at radius 3 is 2.52 bits per heavy atom. The van der Waals surface area contributed by atoms with E-state index >= 15 is 0 Å². The van der Waals surface area contributed by atoms with Gasteiger partial charge >= 0.3 is 0 Å². The molecule has 0 aliphatic rings. The van der Waals surface area contributed by atoms with E-state index in [9.17, 15) is 8.78 Å². The molecule has 0 unspecified atom stereocenters. The van der Waals surface area contributed by atoms with Crippen molar-refractivity contribution in [3.05, 3.63) is 57.8 Å². The highest BCUT2D eigenvalue weighted by Gasteiger charge is 2.13. The molecule has 1 aromatic carbocycles. The van der Waals surface area contributed by atoms with Crippen molar-refractivity contribution in [2.24, 2.45) is 0 Å². The van der Waals surface area contributed by atoms with Gasteiger partial charge in [0.25, 0.3) is 0 Å². The maximum absolute atomic E-state index is 13.9. The van der Waals surface area contributed by atoms with Crippen molar-refractivity contribution in [3.8, 4) is 5.75 Å². The molecule has 3 nitrogen and oxygen atoms in total. The highest BCUT2D eigenvalue weighted by Crippen LogP contribution is 2.24. The fourth-order valence-electron chi connectivity index (χ4n) is 1.76. The van der Waals surface area contributed by atoms with Crippen LogP contribution in [0.1, 0.15) is 18.2 Å². The number of ether oxygens (including phenoxy) is 1. The summed E-state index contributed by atoms with van der Waals surface area (Å²) in [6.45, 7) is 3.08. The maximum Gasteiger partial charge on any atom is 0.191 e. The van der Waals surface area contributed by atoms with E-state index in [-0.39, 0.29) is 12.4 Å². The fourth-order valence-corrected chi connectivity index (χ4v) is 1.99. The van der Waals surface area contributed by atoms with Gasteiger partial charge in [0.15, 0.2) is 17.4 Å². The zero-order valence-electron chi connectivity index (χ0n) is 11.5. The van der Waals surface area contributed by atoms with Gasteiger partial charge in [0.2, 0.25) is 0 Å². The van der Waals surface area contributed by atoms with Crippen LogP contribution >= 0.6 is 15.9 Å². The number of pyridine rings is 1. The summed E-state index contributed by atoms with van der Waals surface area (Å²) in [4.78, 5) is 4.08. The van der Waals surface area contributed by atoms with Crippen LogP contribution in [0.25, 0.3) is 0 Å². The van der Waals surface area contributed by atoms with Gasteiger partial charge in [-0.3, -0.25) is 4.98 Å². The van der Waals surface area contributed by atoms with Crippen molar-refractivity contribution in [2.45, 2.75) is 20.1 Å². The van der Waals surface area contributed by atoms with Crippen LogP contribution in [0.3, 0.4) is 0 Å². The Kier molecular flexibility index (Phi) is 5.64. The number of halogens is 3. The first-order valence-electron chi connectivity index (χ1n) is 6.52. The zero-order valence-corrected chi connectivity index (χ0v) is 13.1. The van der Waals surface area contributed by atoms with Crippen LogP contribution in [0.15, 0.2) is 34.9 Å². The number of rotatable bonds is 6. The molecular formula is C15H15BrF2N2O. The number of nitrogens with one attached hydrogen (secondary N) is 1. The van der Waals surface area contributed by atoms with Gasteiger partial charge in [-0.25, -0.2) is 8.78 Å². The highest BCUT2D eigenvalue weighted by atomic mass is 79.9. The average Bonchev–Trinajstić information content (AvgIpc) is 2.46.